The first-order chi connectivity index (χ1) is 10.3. The third kappa shape index (κ3) is 3.00. The Morgan fingerprint density at radius 1 is 1.29 bits per heavy atom. The van der Waals surface area contributed by atoms with Crippen LogP contribution in [-0.2, 0) is 0 Å². The van der Waals surface area contributed by atoms with E-state index in [1.165, 1.54) is 35.1 Å². The highest BCUT2D eigenvalue weighted by atomic mass is 32.1. The topological polar surface area (TPSA) is 32.3 Å². The van der Waals surface area contributed by atoms with Gasteiger partial charge in [0.1, 0.15) is 0 Å². The predicted molar refractivity (Wildman–Crippen MR) is 89.4 cm³/mol. The van der Waals surface area contributed by atoms with Gasteiger partial charge in [-0.2, -0.15) is 0 Å². The van der Waals surface area contributed by atoms with Gasteiger partial charge < -0.3 is 10.2 Å². The standard InChI is InChI=1S/C16H20N2OS2/c19-16(15-8-14-13(21-15)5-7-20-14)18(9-11-3-4-11)10-12-2-1-6-17-12/h5,7-8,11-12,17H,1-4,6,9-10H2. The van der Waals surface area contributed by atoms with Crippen molar-refractivity contribution in [1.82, 2.24) is 10.2 Å². The van der Waals surface area contributed by atoms with Crippen LogP contribution >= 0.6 is 22.7 Å². The van der Waals surface area contributed by atoms with Gasteiger partial charge in [-0.15, -0.1) is 22.7 Å². The molecule has 0 bridgehead atoms. The molecule has 1 amide bonds. The van der Waals surface area contributed by atoms with E-state index in [0.29, 0.717) is 6.04 Å². The minimum atomic E-state index is 0.240. The molecule has 1 aliphatic carbocycles. The molecule has 2 aliphatic rings. The van der Waals surface area contributed by atoms with Crippen molar-refractivity contribution in [1.29, 1.82) is 0 Å². The molecule has 5 heteroatoms. The summed E-state index contributed by atoms with van der Waals surface area (Å²) < 4.78 is 2.49. The molecule has 2 fully saturated rings. The molecule has 4 rings (SSSR count). The van der Waals surface area contributed by atoms with Gasteiger partial charge in [-0.3, -0.25) is 4.79 Å². The second-order valence-electron chi connectivity index (χ2n) is 6.21. The van der Waals surface area contributed by atoms with Crippen molar-refractivity contribution in [2.24, 2.45) is 5.92 Å². The fraction of sp³-hybridized carbons (Fsp3) is 0.562. The zero-order valence-corrected chi connectivity index (χ0v) is 13.6. The van der Waals surface area contributed by atoms with E-state index in [9.17, 15) is 4.79 Å². The molecule has 2 aromatic rings. The van der Waals surface area contributed by atoms with E-state index < -0.39 is 0 Å². The van der Waals surface area contributed by atoms with Gasteiger partial charge in [-0.05, 0) is 55.7 Å². The summed E-state index contributed by atoms with van der Waals surface area (Å²) >= 11 is 3.37. The smallest absolute Gasteiger partial charge is 0.264 e. The highest BCUT2D eigenvalue weighted by molar-refractivity contribution is 7.27. The first kappa shape index (κ1) is 13.7. The lowest BCUT2D eigenvalue weighted by Gasteiger charge is -2.25. The summed E-state index contributed by atoms with van der Waals surface area (Å²) in [5, 5.41) is 5.62. The fourth-order valence-electron chi connectivity index (χ4n) is 3.06. The van der Waals surface area contributed by atoms with Crippen LogP contribution in [0.1, 0.15) is 35.4 Å². The highest BCUT2D eigenvalue weighted by Gasteiger charge is 2.30. The van der Waals surface area contributed by atoms with E-state index in [0.717, 1.165) is 30.4 Å². The Hall–Kier alpha value is -0.910. The molecule has 3 heterocycles. The van der Waals surface area contributed by atoms with E-state index >= 15 is 0 Å². The molecule has 0 aromatic carbocycles. The highest BCUT2D eigenvalue weighted by Crippen LogP contribution is 2.33. The quantitative estimate of drug-likeness (QED) is 0.913. The van der Waals surface area contributed by atoms with E-state index in [-0.39, 0.29) is 5.91 Å². The van der Waals surface area contributed by atoms with Gasteiger partial charge >= 0.3 is 0 Å². The molecule has 21 heavy (non-hydrogen) atoms. The van der Waals surface area contributed by atoms with Crippen LogP contribution in [0, 0.1) is 5.92 Å². The lowest BCUT2D eigenvalue weighted by molar-refractivity contribution is 0.0738. The number of thiophene rings is 2. The largest absolute Gasteiger partial charge is 0.336 e. The predicted octanol–water partition coefficient (Wildman–Crippen LogP) is 3.57. The minimum absolute atomic E-state index is 0.240. The minimum Gasteiger partial charge on any atom is -0.336 e. The summed E-state index contributed by atoms with van der Waals surface area (Å²) in [6.45, 7) is 2.92. The zero-order valence-electron chi connectivity index (χ0n) is 12.0. The van der Waals surface area contributed by atoms with Gasteiger partial charge in [0.15, 0.2) is 0 Å². The van der Waals surface area contributed by atoms with Crippen molar-refractivity contribution in [3.05, 3.63) is 22.4 Å². The molecular weight excluding hydrogens is 300 g/mol. The first-order valence-corrected chi connectivity index (χ1v) is 9.49. The van der Waals surface area contributed by atoms with Crippen LogP contribution < -0.4 is 5.32 Å². The lowest BCUT2D eigenvalue weighted by atomic mass is 10.2. The average molecular weight is 320 g/mol. The summed E-state index contributed by atoms with van der Waals surface area (Å²) in [5.41, 5.74) is 0. The van der Waals surface area contributed by atoms with Crippen LogP contribution in [0.3, 0.4) is 0 Å². The Morgan fingerprint density at radius 3 is 2.90 bits per heavy atom. The number of hydrogen-bond acceptors (Lipinski definition) is 4. The Labute approximate surface area is 133 Å². The average Bonchev–Trinajstić information content (AvgIpc) is 2.89. The Morgan fingerprint density at radius 2 is 2.19 bits per heavy atom. The van der Waals surface area contributed by atoms with Gasteiger partial charge in [0.05, 0.1) is 4.88 Å². The molecule has 1 atom stereocenters. The second-order valence-corrected chi connectivity index (χ2v) is 8.24. The second kappa shape index (κ2) is 5.71. The van der Waals surface area contributed by atoms with Gasteiger partial charge in [0.25, 0.3) is 5.91 Å². The normalized spacial score (nSPS) is 22.0. The van der Waals surface area contributed by atoms with Crippen LogP contribution in [-0.4, -0.2) is 36.5 Å². The molecular formula is C16H20N2OS2. The number of amides is 1. The molecule has 1 saturated carbocycles. The number of carbonyl (C=O) groups excluding carboxylic acids is 1. The van der Waals surface area contributed by atoms with Crippen LogP contribution in [0.4, 0.5) is 0 Å². The summed E-state index contributed by atoms with van der Waals surface area (Å²) in [6.07, 6.45) is 5.03. The van der Waals surface area contributed by atoms with Crippen molar-refractivity contribution < 1.29 is 4.79 Å². The monoisotopic (exact) mass is 320 g/mol. The van der Waals surface area contributed by atoms with Gasteiger partial charge in [0, 0.05) is 28.5 Å². The molecule has 1 N–H and O–H groups in total. The van der Waals surface area contributed by atoms with Crippen molar-refractivity contribution >= 4 is 38.0 Å². The number of carbonyl (C=O) groups is 1. The van der Waals surface area contributed by atoms with Crippen molar-refractivity contribution in [2.45, 2.75) is 31.7 Å². The third-order valence-corrected chi connectivity index (χ3v) is 6.50. The number of nitrogens with one attached hydrogen (secondary N) is 1. The molecule has 1 aliphatic heterocycles. The third-order valence-electron chi connectivity index (χ3n) is 4.42. The lowest BCUT2D eigenvalue weighted by Crippen LogP contribution is -2.41. The molecule has 1 saturated heterocycles. The van der Waals surface area contributed by atoms with Gasteiger partial charge in [-0.1, -0.05) is 0 Å². The molecule has 0 radical (unpaired) electrons. The van der Waals surface area contributed by atoms with Crippen molar-refractivity contribution in [3.8, 4) is 0 Å². The number of rotatable bonds is 5. The number of nitrogens with zero attached hydrogens (tertiary/aromatic N) is 1. The van der Waals surface area contributed by atoms with Gasteiger partial charge in [-0.25, -0.2) is 0 Å². The van der Waals surface area contributed by atoms with E-state index in [4.69, 9.17) is 0 Å². The number of hydrogen-bond donors (Lipinski definition) is 1. The summed E-state index contributed by atoms with van der Waals surface area (Å²) in [6, 6.07) is 4.69. The Balaban J connectivity index is 1.52. The van der Waals surface area contributed by atoms with E-state index in [2.05, 4.69) is 27.7 Å². The molecule has 0 spiro atoms. The fourth-order valence-corrected chi connectivity index (χ4v) is 5.13. The van der Waals surface area contributed by atoms with E-state index in [1.54, 1.807) is 22.7 Å². The van der Waals surface area contributed by atoms with Crippen LogP contribution in [0.5, 0.6) is 0 Å². The number of fused-ring (bicyclic) bond motifs is 1. The van der Waals surface area contributed by atoms with Crippen molar-refractivity contribution in [2.75, 3.05) is 19.6 Å². The SMILES string of the molecule is O=C(c1cc2sccc2s1)N(CC1CC1)CC1CCCN1. The summed E-state index contributed by atoms with van der Waals surface area (Å²) in [7, 11) is 0. The van der Waals surface area contributed by atoms with Gasteiger partial charge in [0.2, 0.25) is 0 Å². The Kier molecular flexibility index (Phi) is 3.73. The summed E-state index contributed by atoms with van der Waals surface area (Å²) in [5.74, 6) is 0.987. The molecule has 1 unspecified atom stereocenters. The maximum absolute atomic E-state index is 12.9. The summed E-state index contributed by atoms with van der Waals surface area (Å²) in [4.78, 5) is 15.9. The van der Waals surface area contributed by atoms with Crippen LogP contribution in [0.15, 0.2) is 17.5 Å². The maximum atomic E-state index is 12.9. The zero-order chi connectivity index (χ0) is 14.2. The molecule has 112 valence electrons. The van der Waals surface area contributed by atoms with E-state index in [1.807, 2.05) is 0 Å². The maximum Gasteiger partial charge on any atom is 0.264 e. The van der Waals surface area contributed by atoms with Crippen LogP contribution in [0.2, 0.25) is 0 Å². The Bertz CT molecular complexity index is 609. The van der Waals surface area contributed by atoms with Crippen LogP contribution in [0.25, 0.3) is 9.40 Å². The molecule has 3 nitrogen and oxygen atoms in total. The first-order valence-electron chi connectivity index (χ1n) is 7.79. The van der Waals surface area contributed by atoms with Crippen molar-refractivity contribution in [3.63, 3.8) is 0 Å². The molecule has 2 aromatic heterocycles.